The van der Waals surface area contributed by atoms with Crippen LogP contribution in [0.2, 0.25) is 5.02 Å². The molecule has 4 heterocycles. The number of piperazine rings is 1. The number of amides is 4. The lowest BCUT2D eigenvalue weighted by atomic mass is 9.89. The predicted octanol–water partition coefficient (Wildman–Crippen LogP) is 5.21. The van der Waals surface area contributed by atoms with Gasteiger partial charge >= 0.3 is 0 Å². The molecule has 0 saturated carbocycles. The van der Waals surface area contributed by atoms with Crippen molar-refractivity contribution in [3.63, 3.8) is 0 Å². The van der Waals surface area contributed by atoms with Gasteiger partial charge in [0.1, 0.15) is 16.8 Å². The third kappa shape index (κ3) is 9.55. The van der Waals surface area contributed by atoms with Crippen LogP contribution in [0, 0.1) is 0 Å². The average Bonchev–Trinajstić information content (AvgIpc) is 3.23. The molecule has 16 heteroatoms. The first kappa shape index (κ1) is 40.1. The van der Waals surface area contributed by atoms with Gasteiger partial charge in [-0.15, -0.1) is 0 Å². The summed E-state index contributed by atoms with van der Waals surface area (Å²) < 4.78 is 5.63. The molecule has 7 rings (SSSR count). The van der Waals surface area contributed by atoms with Crippen molar-refractivity contribution < 1.29 is 28.7 Å². The molecule has 3 aliphatic heterocycles. The Morgan fingerprint density at radius 2 is 1.60 bits per heavy atom. The Morgan fingerprint density at radius 1 is 0.879 bits per heavy atom. The van der Waals surface area contributed by atoms with Crippen molar-refractivity contribution >= 4 is 69.8 Å². The molecular formula is C42H46ClN9O6. The Balaban J connectivity index is 0.872. The number of hydrogen-bond acceptors (Lipinski definition) is 12. The number of ketones is 1. The molecule has 3 aromatic carbocycles. The van der Waals surface area contributed by atoms with E-state index in [4.69, 9.17) is 16.3 Å². The van der Waals surface area contributed by atoms with Crippen molar-refractivity contribution in [1.82, 2.24) is 30.0 Å². The molecule has 0 bridgehead atoms. The second kappa shape index (κ2) is 18.0. The number of nitrogens with one attached hydrogen (secondary N) is 4. The third-order valence-corrected chi connectivity index (χ3v) is 11.1. The fourth-order valence-electron chi connectivity index (χ4n) is 7.53. The van der Waals surface area contributed by atoms with E-state index < -0.39 is 6.04 Å². The molecule has 0 radical (unpaired) electrons. The third-order valence-electron chi connectivity index (χ3n) is 10.8. The van der Waals surface area contributed by atoms with Gasteiger partial charge in [0.2, 0.25) is 23.7 Å². The fraction of sp³-hybridized carbons (Fsp3) is 0.357. The molecule has 1 unspecified atom stereocenters. The van der Waals surface area contributed by atoms with E-state index in [1.165, 1.54) is 25.8 Å². The fourth-order valence-corrected chi connectivity index (χ4v) is 7.67. The largest absolute Gasteiger partial charge is 0.495 e. The van der Waals surface area contributed by atoms with Gasteiger partial charge in [-0.2, -0.15) is 4.98 Å². The number of halogens is 1. The van der Waals surface area contributed by atoms with Gasteiger partial charge in [0.25, 0.3) is 5.91 Å². The van der Waals surface area contributed by atoms with E-state index in [1.807, 2.05) is 17.0 Å². The van der Waals surface area contributed by atoms with Gasteiger partial charge in [0.15, 0.2) is 11.6 Å². The highest BCUT2D eigenvalue weighted by Gasteiger charge is 2.29. The van der Waals surface area contributed by atoms with E-state index in [2.05, 4.69) is 48.3 Å². The molecule has 1 atom stereocenters. The normalized spacial score (nSPS) is 17.7. The summed E-state index contributed by atoms with van der Waals surface area (Å²) in [6.07, 6.45) is 4.14. The van der Waals surface area contributed by atoms with E-state index in [-0.39, 0.29) is 40.4 Å². The molecule has 15 nitrogen and oxygen atoms in total. The van der Waals surface area contributed by atoms with Crippen LogP contribution in [0.4, 0.5) is 28.8 Å². The maximum absolute atomic E-state index is 13.6. The summed E-state index contributed by atoms with van der Waals surface area (Å²) >= 11 is 6.39. The van der Waals surface area contributed by atoms with Crippen molar-refractivity contribution in [2.24, 2.45) is 0 Å². The summed E-state index contributed by atoms with van der Waals surface area (Å²) in [7, 11) is 1.51. The molecule has 3 fully saturated rings. The van der Waals surface area contributed by atoms with E-state index >= 15 is 0 Å². The number of benzene rings is 3. The summed E-state index contributed by atoms with van der Waals surface area (Å²) in [5.41, 5.74) is 4.12. The van der Waals surface area contributed by atoms with E-state index in [9.17, 15) is 24.0 Å². The molecule has 3 aliphatic rings. The lowest BCUT2D eigenvalue weighted by Gasteiger charge is -2.37. The van der Waals surface area contributed by atoms with Gasteiger partial charge in [0.05, 0.1) is 31.2 Å². The van der Waals surface area contributed by atoms with Gasteiger partial charge in [-0.25, -0.2) is 4.98 Å². The zero-order valence-electron chi connectivity index (χ0n) is 32.4. The quantitative estimate of drug-likeness (QED) is 0.109. The second-order valence-corrected chi connectivity index (χ2v) is 15.1. The van der Waals surface area contributed by atoms with Crippen LogP contribution in [0.15, 0.2) is 72.9 Å². The Morgan fingerprint density at radius 3 is 2.31 bits per heavy atom. The minimum absolute atomic E-state index is 0.0670. The molecule has 58 heavy (non-hydrogen) atoms. The van der Waals surface area contributed by atoms with Crippen LogP contribution in [0.1, 0.15) is 64.8 Å². The summed E-state index contributed by atoms with van der Waals surface area (Å²) in [4.78, 5) is 77.1. The average molecular weight is 808 g/mol. The maximum atomic E-state index is 13.6. The van der Waals surface area contributed by atoms with Crippen LogP contribution in [0.25, 0.3) is 0 Å². The predicted molar refractivity (Wildman–Crippen MR) is 220 cm³/mol. The number of nitrogens with zero attached hydrogens (tertiary/aromatic N) is 5. The minimum atomic E-state index is -0.415. The highest BCUT2D eigenvalue weighted by Crippen LogP contribution is 2.32. The number of piperidine rings is 2. The van der Waals surface area contributed by atoms with Crippen molar-refractivity contribution in [3.05, 3.63) is 94.6 Å². The molecule has 302 valence electrons. The van der Waals surface area contributed by atoms with Crippen LogP contribution in [0.5, 0.6) is 5.75 Å². The highest BCUT2D eigenvalue weighted by atomic mass is 35.5. The number of aromatic nitrogens is 2. The SMILES string of the molecule is COc1cc(C(=O)N2CCN(C(=O)CN3CCC(c4ccc(NC5CCC(=O)NC5=O)cc4)CC3)CC2)ccc1Nc1ncc(Cl)c(Nc2ccccc2C(C)=O)n1. The van der Waals surface area contributed by atoms with Crippen LogP contribution >= 0.6 is 11.6 Å². The number of carbonyl (C=O) groups excluding carboxylic acids is 5. The first-order valence-corrected chi connectivity index (χ1v) is 19.8. The summed E-state index contributed by atoms with van der Waals surface area (Å²) in [6, 6.07) is 19.9. The van der Waals surface area contributed by atoms with Gasteiger partial charge in [0, 0.05) is 49.4 Å². The number of anilines is 5. The lowest BCUT2D eigenvalue weighted by Crippen LogP contribution is -2.53. The van der Waals surface area contributed by atoms with Crippen molar-refractivity contribution in [2.75, 3.05) is 68.9 Å². The molecule has 0 spiro atoms. The number of likely N-dealkylation sites (tertiary alicyclic amines) is 1. The Bertz CT molecular complexity index is 2190. The van der Waals surface area contributed by atoms with E-state index in [1.54, 1.807) is 47.4 Å². The number of Topliss-reactive ketones (excluding diaryl/α,β-unsaturated/α-hetero) is 1. The van der Waals surface area contributed by atoms with Gasteiger partial charge in [-0.1, -0.05) is 35.9 Å². The van der Waals surface area contributed by atoms with Crippen LogP contribution in [-0.4, -0.2) is 113 Å². The number of para-hydroxylation sites is 1. The maximum Gasteiger partial charge on any atom is 0.254 e. The standard InChI is InChI=1S/C42H46ClN9O6/c1-26(53)31-5-3-4-6-33(31)46-39-32(43)24-44-42(49-39)47-34-12-9-29(23-36(34)58-2)41(57)52-21-19-51(20-22-52)38(55)25-50-17-15-28(16-18-50)27-7-10-30(11-8-27)45-35-13-14-37(54)48-40(35)56/h3-12,23-24,28,35,45H,13-22,25H2,1-2H3,(H,48,54,56)(H2,44,46,47,49). The monoisotopic (exact) mass is 807 g/mol. The zero-order chi connectivity index (χ0) is 40.8. The number of rotatable bonds is 12. The number of hydrogen-bond donors (Lipinski definition) is 4. The highest BCUT2D eigenvalue weighted by molar-refractivity contribution is 6.33. The smallest absolute Gasteiger partial charge is 0.254 e. The van der Waals surface area contributed by atoms with E-state index in [0.717, 1.165) is 31.6 Å². The Kier molecular flexibility index (Phi) is 12.5. The number of carbonyl (C=O) groups is 5. The summed E-state index contributed by atoms with van der Waals surface area (Å²) in [5.74, 6) is 0.622. The molecule has 1 aromatic heterocycles. The number of imide groups is 1. The molecule has 4 aromatic rings. The number of methoxy groups -OCH3 is 1. The summed E-state index contributed by atoms with van der Waals surface area (Å²) in [6.45, 7) is 5.22. The summed E-state index contributed by atoms with van der Waals surface area (Å²) in [5, 5.41) is 12.1. The van der Waals surface area contributed by atoms with Crippen molar-refractivity contribution in [2.45, 2.75) is 44.6 Å². The number of ether oxygens (including phenoxy) is 1. The molecular weight excluding hydrogens is 762 g/mol. The topological polar surface area (TPSA) is 178 Å². The first-order chi connectivity index (χ1) is 28.0. The second-order valence-electron chi connectivity index (χ2n) is 14.7. The Labute approximate surface area is 341 Å². The van der Waals surface area contributed by atoms with E-state index in [0.29, 0.717) is 85.6 Å². The molecule has 3 saturated heterocycles. The zero-order valence-corrected chi connectivity index (χ0v) is 33.2. The minimum Gasteiger partial charge on any atom is -0.495 e. The van der Waals surface area contributed by atoms with Crippen LogP contribution in [-0.2, 0) is 14.4 Å². The molecule has 4 N–H and O–H groups in total. The molecule has 0 aliphatic carbocycles. The molecule has 4 amide bonds. The Hall–Kier alpha value is -6.06. The van der Waals surface area contributed by atoms with Gasteiger partial charge in [-0.3, -0.25) is 34.2 Å². The van der Waals surface area contributed by atoms with Gasteiger partial charge < -0.3 is 30.5 Å². The van der Waals surface area contributed by atoms with Crippen LogP contribution in [0.3, 0.4) is 0 Å². The van der Waals surface area contributed by atoms with Crippen LogP contribution < -0.4 is 26.0 Å². The van der Waals surface area contributed by atoms with Crippen molar-refractivity contribution in [1.29, 1.82) is 0 Å². The first-order valence-electron chi connectivity index (χ1n) is 19.4. The van der Waals surface area contributed by atoms with Crippen molar-refractivity contribution in [3.8, 4) is 5.75 Å². The lowest BCUT2D eigenvalue weighted by molar-refractivity contribution is -0.135. The van der Waals surface area contributed by atoms with Gasteiger partial charge in [-0.05, 0) is 93.2 Å².